The van der Waals surface area contributed by atoms with Crippen molar-refractivity contribution in [2.24, 2.45) is 11.8 Å². The zero-order valence-electron chi connectivity index (χ0n) is 23.2. The summed E-state index contributed by atoms with van der Waals surface area (Å²) in [6.07, 6.45) is 2.70. The highest BCUT2D eigenvalue weighted by Crippen LogP contribution is 2.37. The molecule has 3 aromatic rings. The third-order valence-corrected chi connectivity index (χ3v) is 7.69. The lowest BCUT2D eigenvalue weighted by molar-refractivity contribution is -0.187. The number of aryl methyl sites for hydroxylation is 1. The van der Waals surface area contributed by atoms with Gasteiger partial charge in [-0.05, 0) is 77.8 Å². The molecule has 1 fully saturated rings. The van der Waals surface area contributed by atoms with Gasteiger partial charge in [0, 0.05) is 6.08 Å². The lowest BCUT2D eigenvalue weighted by Gasteiger charge is -2.28. The summed E-state index contributed by atoms with van der Waals surface area (Å²) >= 11 is 0. The minimum Gasteiger partial charge on any atom is -0.459 e. The molecule has 0 atom stereocenters. The predicted molar refractivity (Wildman–Crippen MR) is 147 cm³/mol. The predicted octanol–water partition coefficient (Wildman–Crippen LogP) is 10.6. The van der Waals surface area contributed by atoms with Gasteiger partial charge in [-0.25, -0.2) is 22.0 Å². The molecule has 0 unspecified atom stereocenters. The van der Waals surface area contributed by atoms with E-state index < -0.39 is 41.3 Å². The lowest BCUT2D eigenvalue weighted by Crippen LogP contribution is -2.23. The molecule has 1 saturated carbocycles. The fourth-order valence-corrected chi connectivity index (χ4v) is 5.46. The van der Waals surface area contributed by atoms with E-state index in [1.807, 2.05) is 0 Å². The lowest BCUT2D eigenvalue weighted by atomic mass is 9.78. The number of benzene rings is 3. The van der Waals surface area contributed by atoms with Crippen molar-refractivity contribution in [3.8, 4) is 22.6 Å². The summed E-state index contributed by atoms with van der Waals surface area (Å²) in [5.41, 5.74) is 0.0701. The Bertz CT molecular complexity index is 1320. The van der Waals surface area contributed by atoms with Crippen LogP contribution in [0.4, 0.5) is 30.7 Å². The van der Waals surface area contributed by atoms with Gasteiger partial charge in [-0.1, -0.05) is 63.6 Å². The third-order valence-electron chi connectivity index (χ3n) is 7.69. The summed E-state index contributed by atoms with van der Waals surface area (Å²) in [4.78, 5) is 0. The van der Waals surface area contributed by atoms with E-state index in [0.717, 1.165) is 61.6 Å². The first kappa shape index (κ1) is 31.4. The molecular weight excluding hydrogens is 561 g/mol. The van der Waals surface area contributed by atoms with Crippen molar-refractivity contribution in [3.63, 3.8) is 0 Å². The molecule has 1 aliphatic carbocycles. The van der Waals surface area contributed by atoms with Crippen molar-refractivity contribution in [2.75, 3.05) is 0 Å². The topological polar surface area (TPSA) is 18.5 Å². The van der Waals surface area contributed by atoms with Crippen molar-refractivity contribution < 1.29 is 40.2 Å². The highest BCUT2D eigenvalue weighted by Gasteiger charge is 2.37. The first-order valence-corrected chi connectivity index (χ1v) is 14.1. The first-order valence-electron chi connectivity index (χ1n) is 14.1. The van der Waals surface area contributed by atoms with Crippen LogP contribution in [0, 0.1) is 29.3 Å². The molecule has 3 aromatic carbocycles. The van der Waals surface area contributed by atoms with E-state index in [2.05, 4.69) is 11.7 Å². The summed E-state index contributed by atoms with van der Waals surface area (Å²) in [7, 11) is 0. The molecular formula is C33H33F7O2. The fourth-order valence-electron chi connectivity index (χ4n) is 5.46. The second-order valence-electron chi connectivity index (χ2n) is 10.7. The maximum Gasteiger partial charge on any atom is 0.429 e. The molecule has 0 aromatic heterocycles. The van der Waals surface area contributed by atoms with Gasteiger partial charge in [0.25, 0.3) is 6.43 Å². The third kappa shape index (κ3) is 8.29. The molecule has 0 spiro atoms. The maximum absolute atomic E-state index is 14.9. The Morgan fingerprint density at radius 3 is 2.00 bits per heavy atom. The molecule has 0 N–H and O–H groups in total. The highest BCUT2D eigenvalue weighted by molar-refractivity contribution is 5.65. The molecule has 42 heavy (non-hydrogen) atoms. The van der Waals surface area contributed by atoms with Crippen LogP contribution in [-0.4, -0.2) is 6.43 Å². The quantitative estimate of drug-likeness (QED) is 0.153. The second kappa shape index (κ2) is 14.1. The van der Waals surface area contributed by atoms with E-state index in [0.29, 0.717) is 30.2 Å². The monoisotopic (exact) mass is 594 g/mol. The maximum atomic E-state index is 14.9. The molecule has 226 valence electrons. The number of halogens is 7. The molecule has 0 heterocycles. The Morgan fingerprint density at radius 2 is 1.43 bits per heavy atom. The van der Waals surface area contributed by atoms with Gasteiger partial charge in [-0.3, -0.25) is 0 Å². The zero-order valence-corrected chi connectivity index (χ0v) is 23.2. The van der Waals surface area contributed by atoms with E-state index in [1.54, 1.807) is 0 Å². The molecule has 0 bridgehead atoms. The van der Waals surface area contributed by atoms with Crippen molar-refractivity contribution in [3.05, 3.63) is 95.5 Å². The van der Waals surface area contributed by atoms with E-state index in [-0.39, 0.29) is 16.9 Å². The average Bonchev–Trinajstić information content (AvgIpc) is 2.94. The van der Waals surface area contributed by atoms with Crippen LogP contribution in [-0.2, 0) is 12.5 Å². The van der Waals surface area contributed by atoms with E-state index >= 15 is 0 Å². The second-order valence-corrected chi connectivity index (χ2v) is 10.7. The Kier molecular flexibility index (Phi) is 10.6. The van der Waals surface area contributed by atoms with Gasteiger partial charge in [-0.2, -0.15) is 8.78 Å². The van der Waals surface area contributed by atoms with Crippen molar-refractivity contribution in [2.45, 2.75) is 70.8 Å². The van der Waals surface area contributed by atoms with Gasteiger partial charge in [0.15, 0.2) is 17.4 Å². The van der Waals surface area contributed by atoms with Crippen LogP contribution in [0.1, 0.15) is 63.0 Å². The molecule has 0 radical (unpaired) electrons. The Balaban J connectivity index is 1.37. The molecule has 0 amide bonds. The molecule has 0 saturated heterocycles. The highest BCUT2D eigenvalue weighted by atomic mass is 19.3. The standard InChI is InChI=1S/C33H33F7O2/c1-2-3-21-4-6-22(7-5-21)8-9-23-10-15-27(28(34)18-23)33(39,40)42-26-13-11-24(12-14-26)25-19-29(35)32(30(36)20-25)41-17-16-31(37)38/h10-22,31H,2-9H2,1H3. The molecule has 0 aliphatic heterocycles. The van der Waals surface area contributed by atoms with E-state index in [1.165, 1.54) is 43.9 Å². The number of hydrogen-bond donors (Lipinski definition) is 0. The van der Waals surface area contributed by atoms with Crippen LogP contribution in [0.25, 0.3) is 11.1 Å². The van der Waals surface area contributed by atoms with Gasteiger partial charge in [0.2, 0.25) is 0 Å². The smallest absolute Gasteiger partial charge is 0.429 e. The minimum absolute atomic E-state index is 0.0455. The van der Waals surface area contributed by atoms with Crippen molar-refractivity contribution in [1.29, 1.82) is 0 Å². The Hall–Kier alpha value is -3.49. The molecule has 2 nitrogen and oxygen atoms in total. The first-order chi connectivity index (χ1) is 20.1. The number of hydrogen-bond acceptors (Lipinski definition) is 2. The van der Waals surface area contributed by atoms with Crippen LogP contribution in [0.15, 0.2) is 66.9 Å². The number of rotatable bonds is 12. The van der Waals surface area contributed by atoms with Gasteiger partial charge < -0.3 is 9.47 Å². The zero-order chi connectivity index (χ0) is 30.3. The Labute approximate surface area is 241 Å². The number of ether oxygens (including phenoxy) is 2. The average molecular weight is 595 g/mol. The van der Waals surface area contributed by atoms with Crippen molar-refractivity contribution >= 4 is 0 Å². The number of alkyl halides is 4. The molecule has 9 heteroatoms. The van der Waals surface area contributed by atoms with Gasteiger partial charge in [-0.15, -0.1) is 0 Å². The fraction of sp³-hybridized carbons (Fsp3) is 0.394. The van der Waals surface area contributed by atoms with Crippen LogP contribution in [0.3, 0.4) is 0 Å². The summed E-state index contributed by atoms with van der Waals surface area (Å²) in [5, 5.41) is 0. The SMILES string of the molecule is CCCC1CCC(CCc2ccc(C(F)(F)Oc3ccc(-c4cc(F)c(OC=CC(F)F)c(F)c4)cc3)c(F)c2)CC1. The largest absolute Gasteiger partial charge is 0.459 e. The van der Waals surface area contributed by atoms with Crippen molar-refractivity contribution in [1.82, 2.24) is 0 Å². The van der Waals surface area contributed by atoms with E-state index in [9.17, 15) is 30.7 Å². The summed E-state index contributed by atoms with van der Waals surface area (Å²) in [6.45, 7) is 2.20. The Morgan fingerprint density at radius 1 is 0.810 bits per heavy atom. The van der Waals surface area contributed by atoms with Crippen LogP contribution in [0.2, 0.25) is 0 Å². The van der Waals surface area contributed by atoms with Crippen LogP contribution in [0.5, 0.6) is 11.5 Å². The van der Waals surface area contributed by atoms with Gasteiger partial charge in [0.1, 0.15) is 11.6 Å². The van der Waals surface area contributed by atoms with Crippen LogP contribution >= 0.6 is 0 Å². The summed E-state index contributed by atoms with van der Waals surface area (Å²) in [6, 6.07) is 10.4. The molecule has 4 rings (SSSR count). The van der Waals surface area contributed by atoms with Crippen LogP contribution < -0.4 is 9.47 Å². The van der Waals surface area contributed by atoms with Gasteiger partial charge in [0.05, 0.1) is 11.8 Å². The normalized spacial score (nSPS) is 17.6. The minimum atomic E-state index is -3.97. The van der Waals surface area contributed by atoms with Gasteiger partial charge >= 0.3 is 6.11 Å². The van der Waals surface area contributed by atoms with E-state index in [4.69, 9.17) is 4.74 Å². The summed E-state index contributed by atoms with van der Waals surface area (Å²) in [5.74, 6) is -3.13. The number of allylic oxidation sites excluding steroid dienone is 1. The summed E-state index contributed by atoms with van der Waals surface area (Å²) < 4.78 is 107. The molecule has 1 aliphatic rings.